The minimum atomic E-state index is -1.58. The maximum Gasteiger partial charge on any atom is 0.298 e. The van der Waals surface area contributed by atoms with Crippen LogP contribution in [0.1, 0.15) is 102 Å². The summed E-state index contributed by atoms with van der Waals surface area (Å²) in [6, 6.07) is 0. The highest BCUT2D eigenvalue weighted by molar-refractivity contribution is 6.18. The average molecular weight is 645 g/mol. The quantitative estimate of drug-likeness (QED) is 0.210. The molecule has 9 nitrogen and oxygen atoms in total. The number of ether oxygens (including phenoxy) is 4. The van der Waals surface area contributed by atoms with Gasteiger partial charge in [0.15, 0.2) is 22.8 Å². The number of hydrogen-bond donors (Lipinski definition) is 2. The maximum absolute atomic E-state index is 15.0. The SMILES string of the molecule is C=C(C)C1CC[C@@]2(C)Oc3c(CC=C(C)C)c4c(c(O)c3[C@@H]1[C@@H]2O)C(=O)C1=C[C@@H]2CC3C(C)(C)OC(C/C=C(/C)OC=O)(C2=O)[C@@]13O4. The Labute approximate surface area is 275 Å². The van der Waals surface area contributed by atoms with Crippen LogP contribution < -0.4 is 9.47 Å². The molecular formula is C38H44O9. The molecule has 47 heavy (non-hydrogen) atoms. The number of carbonyl (C=O) groups is 3. The lowest BCUT2D eigenvalue weighted by molar-refractivity contribution is -0.171. The van der Waals surface area contributed by atoms with Crippen LogP contribution in [0.25, 0.3) is 0 Å². The van der Waals surface area contributed by atoms with E-state index in [1.165, 1.54) is 0 Å². The number of fused-ring (bicyclic) bond motifs is 5. The van der Waals surface area contributed by atoms with Crippen LogP contribution in [0, 0.1) is 17.8 Å². The number of aliphatic hydroxyl groups excluding tert-OH is 1. The molecule has 1 saturated heterocycles. The molecule has 6 bridgehead atoms. The van der Waals surface area contributed by atoms with Gasteiger partial charge >= 0.3 is 0 Å². The molecule has 2 N–H and O–H groups in total. The van der Waals surface area contributed by atoms with Gasteiger partial charge in [-0.05, 0) is 86.1 Å². The molecule has 1 aromatic rings. The molecule has 250 valence electrons. The smallest absolute Gasteiger partial charge is 0.298 e. The zero-order valence-electron chi connectivity index (χ0n) is 28.2. The molecule has 3 aliphatic heterocycles. The lowest BCUT2D eigenvalue weighted by Crippen LogP contribution is -2.72. The van der Waals surface area contributed by atoms with Crippen molar-refractivity contribution in [3.63, 3.8) is 0 Å². The number of hydrogen-bond acceptors (Lipinski definition) is 9. The summed E-state index contributed by atoms with van der Waals surface area (Å²) in [6.07, 6.45) is 6.51. The third-order valence-electron chi connectivity index (χ3n) is 11.9. The Balaban J connectivity index is 1.52. The van der Waals surface area contributed by atoms with Crippen LogP contribution in [0.2, 0.25) is 0 Å². The molecule has 1 spiro atoms. The van der Waals surface area contributed by atoms with E-state index in [0.717, 1.165) is 11.1 Å². The number of carbonyl (C=O) groups excluding carboxylic acids is 3. The molecule has 8 atom stereocenters. The predicted octanol–water partition coefficient (Wildman–Crippen LogP) is 5.96. The Morgan fingerprint density at radius 2 is 1.83 bits per heavy atom. The number of ketones is 2. The molecule has 8 rings (SSSR count). The molecule has 2 saturated carbocycles. The highest BCUT2D eigenvalue weighted by Crippen LogP contribution is 2.69. The van der Waals surface area contributed by atoms with Crippen molar-refractivity contribution < 1.29 is 43.5 Å². The van der Waals surface area contributed by atoms with Crippen molar-refractivity contribution >= 4 is 18.0 Å². The van der Waals surface area contributed by atoms with E-state index in [2.05, 4.69) is 6.58 Å². The van der Waals surface area contributed by atoms with Gasteiger partial charge in [-0.1, -0.05) is 29.9 Å². The topological polar surface area (TPSA) is 129 Å². The van der Waals surface area contributed by atoms with Crippen LogP contribution in [0.15, 0.2) is 47.3 Å². The standard InChI is InChI=1S/C38H44O9/c1-18(2)9-10-23-31-27(26-22(19(3)4)12-13-36(8,45-31)34(26)43)30(41)28-29(40)24-15-21-16-25-35(6,7)47-37(33(21)42,14-11-20(5)44-17-39)38(24,25)46-32(23)28/h9,11,15,17,21-22,25-26,34,41,43H,3,10,12-14,16H2,1-2,4-8H3/b20-11-/t21-,22?,25?,26-,34+,36-,37?,38-/m1/s1. The molecule has 7 aliphatic rings. The fraction of sp³-hybridized carbons (Fsp3) is 0.553. The fourth-order valence-corrected chi connectivity index (χ4v) is 9.67. The first-order valence-corrected chi connectivity index (χ1v) is 16.6. The summed E-state index contributed by atoms with van der Waals surface area (Å²) in [5.74, 6) is -1.62. The van der Waals surface area contributed by atoms with Crippen molar-refractivity contribution in [1.29, 1.82) is 0 Å². The maximum atomic E-state index is 15.0. The summed E-state index contributed by atoms with van der Waals surface area (Å²) in [6.45, 7) is 17.8. The molecule has 0 amide bonds. The summed E-state index contributed by atoms with van der Waals surface area (Å²) in [4.78, 5) is 40.5. The first-order valence-electron chi connectivity index (χ1n) is 16.6. The number of allylic oxidation sites excluding steroid dienone is 5. The van der Waals surface area contributed by atoms with Crippen LogP contribution in [-0.2, 0) is 25.5 Å². The molecule has 3 unspecified atom stereocenters. The van der Waals surface area contributed by atoms with Crippen LogP contribution in [-0.4, -0.2) is 56.8 Å². The van der Waals surface area contributed by atoms with E-state index < -0.39 is 46.1 Å². The first kappa shape index (κ1) is 31.9. The minimum Gasteiger partial charge on any atom is -0.507 e. The second-order valence-corrected chi connectivity index (χ2v) is 15.4. The molecule has 0 radical (unpaired) electrons. The van der Waals surface area contributed by atoms with Crippen molar-refractivity contribution in [2.75, 3.05) is 0 Å². The Morgan fingerprint density at radius 3 is 2.49 bits per heavy atom. The lowest BCUT2D eigenvalue weighted by atomic mass is 9.51. The second-order valence-electron chi connectivity index (χ2n) is 15.4. The van der Waals surface area contributed by atoms with Crippen molar-refractivity contribution in [1.82, 2.24) is 0 Å². The molecule has 3 heterocycles. The largest absolute Gasteiger partial charge is 0.507 e. The number of rotatable bonds is 7. The van der Waals surface area contributed by atoms with Crippen molar-refractivity contribution in [3.05, 3.63) is 64.0 Å². The van der Waals surface area contributed by atoms with Crippen molar-refractivity contribution in [3.8, 4) is 17.2 Å². The Bertz CT molecular complexity index is 1740. The highest BCUT2D eigenvalue weighted by atomic mass is 16.6. The van der Waals surface area contributed by atoms with Gasteiger partial charge in [0, 0.05) is 40.9 Å². The summed E-state index contributed by atoms with van der Waals surface area (Å²) < 4.78 is 25.8. The van der Waals surface area contributed by atoms with Crippen LogP contribution >= 0.6 is 0 Å². The highest BCUT2D eigenvalue weighted by Gasteiger charge is 2.81. The zero-order chi connectivity index (χ0) is 34.0. The summed E-state index contributed by atoms with van der Waals surface area (Å²) >= 11 is 0. The van der Waals surface area contributed by atoms with Gasteiger partial charge in [0.05, 0.1) is 5.60 Å². The second kappa shape index (κ2) is 10.2. The van der Waals surface area contributed by atoms with E-state index in [9.17, 15) is 24.6 Å². The monoisotopic (exact) mass is 644 g/mol. The third-order valence-corrected chi connectivity index (χ3v) is 11.9. The zero-order valence-corrected chi connectivity index (χ0v) is 28.2. The third kappa shape index (κ3) is 3.99. The van der Waals surface area contributed by atoms with Crippen LogP contribution in [0.4, 0.5) is 0 Å². The average Bonchev–Trinajstić information content (AvgIpc) is 3.14. The molecule has 3 fully saturated rings. The first-order chi connectivity index (χ1) is 22.0. The number of Topliss-reactive ketones (excluding diaryl/α,β-unsaturated/α-hetero) is 2. The lowest BCUT2D eigenvalue weighted by Gasteiger charge is -2.57. The summed E-state index contributed by atoms with van der Waals surface area (Å²) in [5.41, 5.74) is -1.64. The molecular weight excluding hydrogens is 600 g/mol. The van der Waals surface area contributed by atoms with Crippen LogP contribution in [0.3, 0.4) is 0 Å². The van der Waals surface area contributed by atoms with Gasteiger partial charge in [0.2, 0.25) is 0 Å². The Hall–Kier alpha value is -3.69. The van der Waals surface area contributed by atoms with Crippen LogP contribution in [0.5, 0.6) is 17.2 Å². The Morgan fingerprint density at radius 1 is 1.11 bits per heavy atom. The van der Waals surface area contributed by atoms with Crippen molar-refractivity contribution in [2.24, 2.45) is 17.8 Å². The van der Waals surface area contributed by atoms with Gasteiger partial charge in [-0.15, -0.1) is 0 Å². The number of aliphatic hydroxyl groups is 1. The summed E-state index contributed by atoms with van der Waals surface area (Å²) in [7, 11) is 0. The fourth-order valence-electron chi connectivity index (χ4n) is 9.67. The Kier molecular flexibility index (Phi) is 6.89. The predicted molar refractivity (Wildman–Crippen MR) is 172 cm³/mol. The summed E-state index contributed by atoms with van der Waals surface area (Å²) in [5, 5.41) is 23.9. The van der Waals surface area contributed by atoms with E-state index in [0.29, 0.717) is 60.4 Å². The van der Waals surface area contributed by atoms with Gasteiger partial charge in [-0.25, -0.2) is 0 Å². The normalized spacial score (nSPS) is 37.1. The number of aromatic hydroxyl groups is 1. The molecule has 4 aliphatic carbocycles. The number of benzene rings is 1. The van der Waals surface area contributed by atoms with Gasteiger partial charge in [0.1, 0.15) is 40.3 Å². The number of phenols is 1. The molecule has 9 heteroatoms. The van der Waals surface area contributed by atoms with Gasteiger partial charge in [0.25, 0.3) is 6.47 Å². The number of phenolic OH excluding ortho intramolecular Hbond substituents is 1. The van der Waals surface area contributed by atoms with E-state index in [1.807, 2.05) is 47.6 Å². The minimum absolute atomic E-state index is 0.0191. The molecule has 1 aromatic carbocycles. The van der Waals surface area contributed by atoms with Gasteiger partial charge in [-0.2, -0.15) is 0 Å². The van der Waals surface area contributed by atoms with Gasteiger partial charge in [-0.3, -0.25) is 14.4 Å². The van der Waals surface area contributed by atoms with E-state index in [1.54, 1.807) is 19.1 Å². The van der Waals surface area contributed by atoms with E-state index >= 15 is 0 Å². The van der Waals surface area contributed by atoms with Gasteiger partial charge < -0.3 is 29.2 Å². The van der Waals surface area contributed by atoms with E-state index in [-0.39, 0.29) is 41.1 Å². The molecule has 0 aromatic heterocycles. The van der Waals surface area contributed by atoms with E-state index in [4.69, 9.17) is 18.9 Å². The van der Waals surface area contributed by atoms with Crippen molar-refractivity contribution in [2.45, 2.75) is 115 Å².